The Balaban J connectivity index is 1.93. The molecule has 0 N–H and O–H groups in total. The summed E-state index contributed by atoms with van der Waals surface area (Å²) in [4.78, 5) is 5.93. The third-order valence-electron chi connectivity index (χ3n) is 5.37. The van der Waals surface area contributed by atoms with E-state index >= 15 is 0 Å². The van der Waals surface area contributed by atoms with Crippen LogP contribution in [0, 0.1) is 22.7 Å². The van der Waals surface area contributed by atoms with Gasteiger partial charge in [-0.1, -0.05) is 32.4 Å². The lowest BCUT2D eigenvalue weighted by Gasteiger charge is -2.33. The third kappa shape index (κ3) is 4.04. The Morgan fingerprint density at radius 1 is 1.29 bits per heavy atom. The maximum absolute atomic E-state index is 9.71. The number of hydrogen-bond donors (Lipinski definition) is 0. The lowest BCUT2D eigenvalue weighted by atomic mass is 9.72. The highest BCUT2D eigenvalue weighted by molar-refractivity contribution is 7.16. The van der Waals surface area contributed by atoms with E-state index in [4.69, 9.17) is 21.1 Å². The lowest BCUT2D eigenvalue weighted by Crippen LogP contribution is -2.26. The molecule has 4 nitrogen and oxygen atoms in total. The first-order valence-corrected chi connectivity index (χ1v) is 10.5. The number of fused-ring (bicyclic) bond motifs is 1. The van der Waals surface area contributed by atoms with Crippen LogP contribution in [0.25, 0.3) is 0 Å². The molecule has 1 aliphatic carbocycles. The molecule has 1 atom stereocenters. The van der Waals surface area contributed by atoms with Gasteiger partial charge in [0, 0.05) is 11.1 Å². The lowest BCUT2D eigenvalue weighted by molar-refractivity contribution is 0.218. The van der Waals surface area contributed by atoms with E-state index in [-0.39, 0.29) is 5.41 Å². The summed E-state index contributed by atoms with van der Waals surface area (Å²) in [5, 5.41) is 10.9. The van der Waals surface area contributed by atoms with Crippen molar-refractivity contribution in [2.45, 2.75) is 40.0 Å². The highest BCUT2D eigenvalue weighted by atomic mass is 35.5. The predicted molar refractivity (Wildman–Crippen MR) is 116 cm³/mol. The van der Waals surface area contributed by atoms with E-state index in [1.54, 1.807) is 37.8 Å². The van der Waals surface area contributed by atoms with Crippen LogP contribution in [0.4, 0.5) is 5.00 Å². The number of nitriles is 1. The van der Waals surface area contributed by atoms with Crippen molar-refractivity contribution < 1.29 is 9.47 Å². The number of benzene rings is 1. The van der Waals surface area contributed by atoms with E-state index in [2.05, 4.69) is 31.8 Å². The molecule has 0 bridgehead atoms. The van der Waals surface area contributed by atoms with Gasteiger partial charge in [0.25, 0.3) is 0 Å². The van der Waals surface area contributed by atoms with Gasteiger partial charge in [-0.3, -0.25) is 0 Å². The molecule has 0 unspecified atom stereocenters. The fourth-order valence-corrected chi connectivity index (χ4v) is 5.18. The van der Waals surface area contributed by atoms with Gasteiger partial charge < -0.3 is 9.47 Å². The largest absolute Gasteiger partial charge is 0.493 e. The van der Waals surface area contributed by atoms with Crippen molar-refractivity contribution in [2.75, 3.05) is 14.2 Å². The maximum Gasteiger partial charge on any atom is 0.179 e. The molecule has 148 valence electrons. The van der Waals surface area contributed by atoms with Crippen LogP contribution in [-0.4, -0.2) is 20.4 Å². The molecule has 1 aromatic carbocycles. The van der Waals surface area contributed by atoms with Crippen LogP contribution >= 0.6 is 22.9 Å². The van der Waals surface area contributed by atoms with Crippen LogP contribution in [0.5, 0.6) is 11.5 Å². The Kier molecular flexibility index (Phi) is 6.02. The number of methoxy groups -OCH3 is 2. The Hall–Kier alpha value is -2.03. The first kappa shape index (κ1) is 20.7. The molecule has 1 aromatic heterocycles. The molecular formula is C22H25ClN2O2S. The van der Waals surface area contributed by atoms with Crippen molar-refractivity contribution in [3.63, 3.8) is 0 Å². The van der Waals surface area contributed by atoms with Crippen molar-refractivity contribution in [2.24, 2.45) is 16.3 Å². The van der Waals surface area contributed by atoms with Gasteiger partial charge in [-0.05, 0) is 53.9 Å². The summed E-state index contributed by atoms with van der Waals surface area (Å²) >= 11 is 7.92. The van der Waals surface area contributed by atoms with E-state index < -0.39 is 0 Å². The normalized spacial score (nSPS) is 16.7. The van der Waals surface area contributed by atoms with Gasteiger partial charge >= 0.3 is 0 Å². The summed E-state index contributed by atoms with van der Waals surface area (Å²) in [6.45, 7) is 6.88. The zero-order valence-electron chi connectivity index (χ0n) is 16.9. The van der Waals surface area contributed by atoms with E-state index in [9.17, 15) is 5.26 Å². The minimum absolute atomic E-state index is 0.272. The van der Waals surface area contributed by atoms with Crippen molar-refractivity contribution in [3.05, 3.63) is 38.7 Å². The van der Waals surface area contributed by atoms with E-state index in [1.807, 2.05) is 6.07 Å². The summed E-state index contributed by atoms with van der Waals surface area (Å²) < 4.78 is 10.6. The first-order valence-electron chi connectivity index (χ1n) is 9.28. The number of rotatable bonds is 4. The van der Waals surface area contributed by atoms with Gasteiger partial charge in [-0.2, -0.15) is 5.26 Å². The minimum atomic E-state index is 0.272. The van der Waals surface area contributed by atoms with Crippen LogP contribution < -0.4 is 9.47 Å². The zero-order valence-corrected chi connectivity index (χ0v) is 18.5. The summed E-state index contributed by atoms with van der Waals surface area (Å²) in [5.74, 6) is 1.68. The van der Waals surface area contributed by atoms with Gasteiger partial charge in [0.1, 0.15) is 11.1 Å². The Morgan fingerprint density at radius 2 is 2.04 bits per heavy atom. The van der Waals surface area contributed by atoms with Gasteiger partial charge in [0.2, 0.25) is 0 Å². The monoisotopic (exact) mass is 416 g/mol. The summed E-state index contributed by atoms with van der Waals surface area (Å²) in [5.41, 5.74) is 2.97. The summed E-state index contributed by atoms with van der Waals surface area (Å²) in [6, 6.07) is 5.97. The van der Waals surface area contributed by atoms with Crippen molar-refractivity contribution in [3.8, 4) is 17.6 Å². The van der Waals surface area contributed by atoms with Gasteiger partial charge in [0.05, 0.1) is 24.8 Å². The average Bonchev–Trinajstić information content (AvgIpc) is 3.01. The van der Waals surface area contributed by atoms with E-state index in [0.717, 1.165) is 35.4 Å². The molecule has 6 heteroatoms. The number of hydrogen-bond acceptors (Lipinski definition) is 5. The molecule has 3 rings (SSSR count). The molecular weight excluding hydrogens is 392 g/mol. The van der Waals surface area contributed by atoms with Crippen LogP contribution in [-0.2, 0) is 12.8 Å². The smallest absolute Gasteiger partial charge is 0.179 e. The van der Waals surface area contributed by atoms with Crippen molar-refractivity contribution in [1.29, 1.82) is 5.26 Å². The molecule has 0 fully saturated rings. The Labute approximate surface area is 175 Å². The number of aliphatic imine (C=N–C) groups is 1. The van der Waals surface area contributed by atoms with Gasteiger partial charge in [-0.25, -0.2) is 4.99 Å². The number of nitrogens with zero attached hydrogens (tertiary/aromatic N) is 2. The molecule has 0 saturated heterocycles. The number of halogens is 1. The second-order valence-corrected chi connectivity index (χ2v) is 9.59. The van der Waals surface area contributed by atoms with Crippen LogP contribution in [0.2, 0.25) is 5.02 Å². The Morgan fingerprint density at radius 3 is 2.64 bits per heavy atom. The molecule has 2 aromatic rings. The zero-order chi connectivity index (χ0) is 20.5. The van der Waals surface area contributed by atoms with Crippen molar-refractivity contribution >= 4 is 34.2 Å². The highest BCUT2D eigenvalue weighted by Gasteiger charge is 2.32. The molecule has 0 aliphatic heterocycles. The standard InChI is InChI=1S/C22H25ClN2O2S/c1-22(2,3)14-6-7-15-16(11-24)21(28-19(15)10-14)25-12-13-8-17(23)20(27-5)18(9-13)26-4/h8-9,12,14H,6-7,10H2,1-5H3/t14-/m0/s1. The number of ether oxygens (including phenoxy) is 2. The molecule has 0 saturated carbocycles. The molecule has 28 heavy (non-hydrogen) atoms. The van der Waals surface area contributed by atoms with Gasteiger partial charge in [0.15, 0.2) is 11.5 Å². The molecule has 0 radical (unpaired) electrons. The third-order valence-corrected chi connectivity index (χ3v) is 6.81. The molecule has 1 heterocycles. The quantitative estimate of drug-likeness (QED) is 0.558. The van der Waals surface area contributed by atoms with Gasteiger partial charge in [-0.15, -0.1) is 11.3 Å². The second kappa shape index (κ2) is 8.14. The van der Waals surface area contributed by atoms with Crippen LogP contribution in [0.1, 0.15) is 48.8 Å². The highest BCUT2D eigenvalue weighted by Crippen LogP contribution is 2.45. The van der Waals surface area contributed by atoms with E-state index in [1.165, 1.54) is 10.4 Å². The maximum atomic E-state index is 9.71. The molecule has 0 amide bonds. The van der Waals surface area contributed by atoms with Crippen LogP contribution in [0.15, 0.2) is 17.1 Å². The van der Waals surface area contributed by atoms with Crippen LogP contribution in [0.3, 0.4) is 0 Å². The fraction of sp³-hybridized carbons (Fsp3) is 0.455. The first-order chi connectivity index (χ1) is 13.3. The Bertz CT molecular complexity index is 951. The SMILES string of the molecule is COc1cc(C=Nc2sc3c(c2C#N)CC[C@H](C(C)(C)C)C3)cc(Cl)c1OC. The number of thiophene rings is 1. The predicted octanol–water partition coefficient (Wildman–Crippen LogP) is 6.19. The summed E-state index contributed by atoms with van der Waals surface area (Å²) in [6.07, 6.45) is 4.83. The topological polar surface area (TPSA) is 54.6 Å². The average molecular weight is 417 g/mol. The second-order valence-electron chi connectivity index (χ2n) is 8.10. The van der Waals surface area contributed by atoms with E-state index in [0.29, 0.717) is 22.4 Å². The molecule has 0 spiro atoms. The summed E-state index contributed by atoms with van der Waals surface area (Å²) in [7, 11) is 3.12. The fourth-order valence-electron chi connectivity index (χ4n) is 3.66. The minimum Gasteiger partial charge on any atom is -0.493 e. The molecule has 1 aliphatic rings. The van der Waals surface area contributed by atoms with Crippen molar-refractivity contribution in [1.82, 2.24) is 0 Å².